The van der Waals surface area contributed by atoms with Gasteiger partial charge >= 0.3 is 18.1 Å². The second-order valence-electron chi connectivity index (χ2n) is 8.88. The van der Waals surface area contributed by atoms with Crippen molar-refractivity contribution < 1.29 is 37.8 Å². The Hall–Kier alpha value is -5.14. The van der Waals surface area contributed by atoms with Gasteiger partial charge in [-0.3, -0.25) is 19.4 Å². The van der Waals surface area contributed by atoms with Gasteiger partial charge in [0.1, 0.15) is 5.56 Å². The van der Waals surface area contributed by atoms with Crippen LogP contribution in [0.5, 0.6) is 0 Å². The summed E-state index contributed by atoms with van der Waals surface area (Å²) in [6.07, 6.45) is -2.91. The molecule has 0 radical (unpaired) electrons. The molecule has 0 aliphatic heterocycles. The van der Waals surface area contributed by atoms with Crippen molar-refractivity contribution in [2.45, 2.75) is 37.5 Å². The van der Waals surface area contributed by atoms with E-state index in [1.54, 1.807) is 12.3 Å². The van der Waals surface area contributed by atoms with Gasteiger partial charge < -0.3 is 31.6 Å². The molecule has 11 nitrogen and oxygen atoms in total. The molecule has 1 amide bonds. The van der Waals surface area contributed by atoms with E-state index in [2.05, 4.69) is 10.3 Å². The van der Waals surface area contributed by atoms with Crippen molar-refractivity contribution in [1.82, 2.24) is 9.88 Å². The van der Waals surface area contributed by atoms with Crippen LogP contribution in [0.25, 0.3) is 0 Å². The van der Waals surface area contributed by atoms with Gasteiger partial charge in [0.25, 0.3) is 11.5 Å². The van der Waals surface area contributed by atoms with Gasteiger partial charge in [-0.25, -0.2) is 4.79 Å². The van der Waals surface area contributed by atoms with Crippen molar-refractivity contribution in [3.05, 3.63) is 106 Å². The van der Waals surface area contributed by atoms with Crippen molar-refractivity contribution in [3.8, 4) is 0 Å². The molecule has 3 aromatic rings. The van der Waals surface area contributed by atoms with E-state index < -0.39 is 41.7 Å². The van der Waals surface area contributed by atoms with Crippen molar-refractivity contribution in [3.63, 3.8) is 0 Å². The monoisotopic (exact) mass is 589 g/mol. The lowest BCUT2D eigenvalue weighted by atomic mass is 9.98. The number of carbonyl (C=O) groups is 3. The minimum Gasteiger partial charge on any atom is -0.481 e. The fraction of sp³-hybridized carbons (Fsp3) is 0.250. The zero-order chi connectivity index (χ0) is 31.3. The van der Waals surface area contributed by atoms with Crippen LogP contribution in [0.3, 0.4) is 0 Å². The van der Waals surface area contributed by atoms with Crippen molar-refractivity contribution >= 4 is 23.8 Å². The second kappa shape index (κ2) is 15.6. The SMILES string of the molecule is NC(N)=NCCC[C@@H](CC(=O)O)NC(=O)c1cccn(C(c2ccccc2)c2ccccc2)c1=O.O=C(O)C(F)(F)F. The van der Waals surface area contributed by atoms with Crippen LogP contribution < -0.4 is 22.3 Å². The molecule has 0 unspecified atom stereocenters. The Kier molecular flexibility index (Phi) is 12.3. The Bertz CT molecular complexity index is 1390. The van der Waals surface area contributed by atoms with Crippen LogP contribution in [0.1, 0.15) is 46.8 Å². The summed E-state index contributed by atoms with van der Waals surface area (Å²) in [6, 6.07) is 21.0. The van der Waals surface area contributed by atoms with Crippen LogP contribution in [-0.2, 0) is 9.59 Å². The van der Waals surface area contributed by atoms with E-state index in [1.165, 1.54) is 10.6 Å². The summed E-state index contributed by atoms with van der Waals surface area (Å²) in [4.78, 5) is 50.6. The number of alkyl halides is 3. The lowest BCUT2D eigenvalue weighted by Crippen LogP contribution is -2.40. The molecule has 0 fully saturated rings. The number of carboxylic acids is 2. The number of hydrogen-bond acceptors (Lipinski definition) is 5. The number of rotatable bonds is 11. The molecule has 7 N–H and O–H groups in total. The smallest absolute Gasteiger partial charge is 0.481 e. The third-order valence-electron chi connectivity index (χ3n) is 5.73. The van der Waals surface area contributed by atoms with E-state index >= 15 is 0 Å². The summed E-state index contributed by atoms with van der Waals surface area (Å²) < 4.78 is 33.3. The fourth-order valence-corrected chi connectivity index (χ4v) is 3.92. The van der Waals surface area contributed by atoms with E-state index in [0.29, 0.717) is 19.4 Å². The van der Waals surface area contributed by atoms with Gasteiger partial charge in [-0.05, 0) is 36.1 Å². The van der Waals surface area contributed by atoms with Crippen LogP contribution in [-0.4, -0.2) is 57.3 Å². The predicted molar refractivity (Wildman–Crippen MR) is 148 cm³/mol. The highest BCUT2D eigenvalue weighted by Gasteiger charge is 2.38. The summed E-state index contributed by atoms with van der Waals surface area (Å²) in [5.74, 6) is -4.50. The molecule has 3 rings (SSSR count). The highest BCUT2D eigenvalue weighted by atomic mass is 19.4. The summed E-state index contributed by atoms with van der Waals surface area (Å²) in [5.41, 5.74) is 11.9. The molecule has 14 heteroatoms. The summed E-state index contributed by atoms with van der Waals surface area (Å²) in [5, 5.41) is 19.1. The predicted octanol–water partition coefficient (Wildman–Crippen LogP) is 2.75. The first-order valence-corrected chi connectivity index (χ1v) is 12.5. The molecule has 2 aromatic carbocycles. The highest BCUT2D eigenvalue weighted by molar-refractivity contribution is 5.94. The zero-order valence-electron chi connectivity index (χ0n) is 22.2. The van der Waals surface area contributed by atoms with Gasteiger partial charge in [0.05, 0.1) is 12.5 Å². The van der Waals surface area contributed by atoms with Crippen LogP contribution in [0.15, 0.2) is 88.8 Å². The standard InChI is InChI=1S/C26H29N5O4.C2HF3O2/c27-26(28)29-15-7-13-20(17-22(32)33)30-24(34)21-14-8-16-31(25(21)35)23(18-9-3-1-4-10-18)19-11-5-2-6-12-19;3-2(4,5)1(6)7/h1-6,8-12,14,16,20,23H,7,13,15,17H2,(H,30,34)(H,32,33)(H4,27,28,29);(H,6,7)/t20-;/m0./s1. The van der Waals surface area contributed by atoms with Gasteiger partial charge in [0, 0.05) is 18.8 Å². The molecule has 0 saturated carbocycles. The maximum atomic E-state index is 13.5. The zero-order valence-corrected chi connectivity index (χ0v) is 22.2. The lowest BCUT2D eigenvalue weighted by Gasteiger charge is -2.22. The number of nitrogens with zero attached hydrogens (tertiary/aromatic N) is 2. The maximum absolute atomic E-state index is 13.5. The molecule has 42 heavy (non-hydrogen) atoms. The number of amides is 1. The molecule has 0 aliphatic rings. The molecule has 0 spiro atoms. The molecular weight excluding hydrogens is 559 g/mol. The topological polar surface area (TPSA) is 190 Å². The van der Waals surface area contributed by atoms with E-state index in [1.807, 2.05) is 60.7 Å². The van der Waals surface area contributed by atoms with Gasteiger partial charge in [0.2, 0.25) is 0 Å². The molecule has 0 saturated heterocycles. The minimum absolute atomic E-state index is 0.0555. The number of benzene rings is 2. The van der Waals surface area contributed by atoms with E-state index in [0.717, 1.165) is 11.1 Å². The molecule has 1 atom stereocenters. The van der Waals surface area contributed by atoms with E-state index in [4.69, 9.17) is 21.4 Å². The Balaban J connectivity index is 0.000000782. The van der Waals surface area contributed by atoms with E-state index in [9.17, 15) is 32.7 Å². The number of halogens is 3. The Morgan fingerprint density at radius 3 is 1.88 bits per heavy atom. The first-order valence-electron chi connectivity index (χ1n) is 12.5. The normalized spacial score (nSPS) is 11.5. The quantitative estimate of drug-likeness (QED) is 0.128. The highest BCUT2D eigenvalue weighted by Crippen LogP contribution is 2.25. The molecule has 0 aliphatic carbocycles. The number of nitrogens with two attached hydrogens (primary N) is 2. The van der Waals surface area contributed by atoms with Gasteiger partial charge in [-0.1, -0.05) is 60.7 Å². The largest absolute Gasteiger partial charge is 0.490 e. The van der Waals surface area contributed by atoms with Gasteiger partial charge in [-0.2, -0.15) is 13.2 Å². The number of hydrogen-bond donors (Lipinski definition) is 5. The molecular formula is C28H30F3N5O6. The summed E-state index contributed by atoms with van der Waals surface area (Å²) >= 11 is 0. The van der Waals surface area contributed by atoms with Gasteiger partial charge in [-0.15, -0.1) is 0 Å². The Labute approximate surface area is 238 Å². The van der Waals surface area contributed by atoms with Crippen LogP contribution in [0.4, 0.5) is 13.2 Å². The minimum atomic E-state index is -5.08. The molecule has 0 bridgehead atoms. The summed E-state index contributed by atoms with van der Waals surface area (Å²) in [7, 11) is 0. The number of carboxylic acid groups (broad SMARTS) is 2. The fourth-order valence-electron chi connectivity index (χ4n) is 3.92. The Morgan fingerprint density at radius 2 is 1.43 bits per heavy atom. The number of aromatic nitrogens is 1. The number of guanidine groups is 1. The van der Waals surface area contributed by atoms with Crippen LogP contribution >= 0.6 is 0 Å². The van der Waals surface area contributed by atoms with Crippen LogP contribution in [0, 0.1) is 0 Å². The molecule has 1 aromatic heterocycles. The number of aliphatic imine (C=N–C) groups is 1. The van der Waals surface area contributed by atoms with Crippen molar-refractivity contribution in [2.24, 2.45) is 16.5 Å². The Morgan fingerprint density at radius 1 is 0.905 bits per heavy atom. The number of pyridine rings is 1. The summed E-state index contributed by atoms with van der Waals surface area (Å²) in [6.45, 7) is 0.308. The van der Waals surface area contributed by atoms with Crippen molar-refractivity contribution in [2.75, 3.05) is 6.54 Å². The average molecular weight is 590 g/mol. The average Bonchev–Trinajstić information content (AvgIpc) is 2.92. The van der Waals surface area contributed by atoms with Crippen LogP contribution in [0.2, 0.25) is 0 Å². The van der Waals surface area contributed by atoms with Gasteiger partial charge in [0.15, 0.2) is 5.96 Å². The molecule has 224 valence electrons. The lowest BCUT2D eigenvalue weighted by molar-refractivity contribution is -0.192. The third kappa shape index (κ3) is 10.4. The first kappa shape index (κ1) is 33.1. The molecule has 1 heterocycles. The number of nitrogens with one attached hydrogen (secondary N) is 1. The maximum Gasteiger partial charge on any atom is 0.490 e. The number of carbonyl (C=O) groups excluding carboxylic acids is 1. The third-order valence-corrected chi connectivity index (χ3v) is 5.73. The van der Waals surface area contributed by atoms with Crippen molar-refractivity contribution in [1.29, 1.82) is 0 Å². The second-order valence-corrected chi connectivity index (χ2v) is 8.88. The first-order chi connectivity index (χ1) is 19.8. The number of aliphatic carboxylic acids is 2. The van der Waals surface area contributed by atoms with E-state index in [-0.39, 0.29) is 17.9 Å².